The Hall–Kier alpha value is -4.67. The van der Waals surface area contributed by atoms with Gasteiger partial charge in [-0.15, -0.1) is 10.2 Å². The minimum Gasteiger partial charge on any atom is -0.483 e. The Morgan fingerprint density at radius 2 is 1.97 bits per heavy atom. The number of halogens is 1. The number of benzene rings is 2. The normalized spacial score (nSPS) is 12.8. The zero-order valence-corrected chi connectivity index (χ0v) is 19.4. The molecule has 0 saturated carbocycles. The number of carbonyl (C=O) groups excluding carboxylic acids is 1. The second-order valence-corrected chi connectivity index (χ2v) is 7.96. The molecule has 2 aromatic heterocycles. The van der Waals surface area contributed by atoms with Crippen LogP contribution in [0.1, 0.15) is 40.6 Å². The number of pyridine rings is 1. The third-order valence-electron chi connectivity index (χ3n) is 5.35. The molecule has 0 bridgehead atoms. The minimum absolute atomic E-state index is 0.0415. The van der Waals surface area contributed by atoms with Crippen LogP contribution in [0.4, 0.5) is 4.39 Å². The van der Waals surface area contributed by atoms with E-state index in [0.29, 0.717) is 40.2 Å². The van der Waals surface area contributed by atoms with E-state index in [-0.39, 0.29) is 24.8 Å². The molecule has 4 aromatic rings. The number of H-pyrrole nitrogens is 1. The number of fused-ring (bicyclic) bond motifs is 1. The molecule has 184 valence electrons. The summed E-state index contributed by atoms with van der Waals surface area (Å²) in [7, 11) is 0. The quantitative estimate of drug-likeness (QED) is 0.376. The summed E-state index contributed by atoms with van der Waals surface area (Å²) in [5.41, 5.74) is 0.493. The average Bonchev–Trinajstić information content (AvgIpc) is 3.52. The van der Waals surface area contributed by atoms with Crippen LogP contribution in [-0.4, -0.2) is 32.9 Å². The fourth-order valence-electron chi connectivity index (χ4n) is 3.52. The first-order valence-electron chi connectivity index (χ1n) is 11.1. The second kappa shape index (κ2) is 9.90. The molecule has 1 aliphatic heterocycles. The molecule has 1 amide bonds. The summed E-state index contributed by atoms with van der Waals surface area (Å²) in [4.78, 5) is 20.0. The Kier molecular flexibility index (Phi) is 6.35. The third kappa shape index (κ3) is 5.04. The fraction of sp³-hybridized carbons (Fsp3) is 0.200. The zero-order chi connectivity index (χ0) is 25.1. The van der Waals surface area contributed by atoms with Crippen molar-refractivity contribution in [2.45, 2.75) is 26.5 Å². The van der Waals surface area contributed by atoms with Crippen molar-refractivity contribution in [1.82, 2.24) is 25.5 Å². The Labute approximate surface area is 205 Å². The van der Waals surface area contributed by atoms with Gasteiger partial charge in [0.15, 0.2) is 23.4 Å². The fourth-order valence-corrected chi connectivity index (χ4v) is 3.52. The standard InChI is InChI=1S/C25H22FN5O5/c1-14(23-29-15(2)30-31-23)35-17-6-5-16(20(26)10-17)12-28-24(32)19-4-3-9-27-25(19)36-18-7-8-21-22(11-18)34-13-33-21/h3-11,14H,12-13H2,1-2H3,(H,28,32)(H,29,30,31). The van der Waals surface area contributed by atoms with E-state index in [2.05, 4.69) is 25.5 Å². The smallest absolute Gasteiger partial charge is 0.257 e. The predicted octanol–water partition coefficient (Wildman–Crippen LogP) is 4.24. The van der Waals surface area contributed by atoms with E-state index in [4.69, 9.17) is 18.9 Å². The van der Waals surface area contributed by atoms with Gasteiger partial charge in [-0.2, -0.15) is 0 Å². The van der Waals surface area contributed by atoms with Crippen LogP contribution >= 0.6 is 0 Å². The lowest BCUT2D eigenvalue weighted by Crippen LogP contribution is -2.24. The SMILES string of the molecule is Cc1nnc(C(C)Oc2ccc(CNC(=O)c3cccnc3Oc3ccc4c(c3)OCO4)c(F)c2)[nH]1. The Morgan fingerprint density at radius 1 is 1.14 bits per heavy atom. The third-order valence-corrected chi connectivity index (χ3v) is 5.35. The number of aromatic nitrogens is 4. The molecule has 11 heteroatoms. The van der Waals surface area contributed by atoms with Crippen molar-refractivity contribution in [3.05, 3.63) is 83.3 Å². The van der Waals surface area contributed by atoms with Crippen LogP contribution in [-0.2, 0) is 6.54 Å². The molecule has 1 unspecified atom stereocenters. The summed E-state index contributed by atoms with van der Waals surface area (Å²) in [6.07, 6.45) is 1.07. The number of hydrogen-bond donors (Lipinski definition) is 2. The van der Waals surface area contributed by atoms with Crippen LogP contribution in [0.2, 0.25) is 0 Å². The van der Waals surface area contributed by atoms with Crippen molar-refractivity contribution < 1.29 is 28.1 Å². The topological polar surface area (TPSA) is 120 Å². The first-order valence-corrected chi connectivity index (χ1v) is 11.1. The molecule has 2 aromatic carbocycles. The van der Waals surface area contributed by atoms with Gasteiger partial charge in [-0.05, 0) is 44.2 Å². The van der Waals surface area contributed by atoms with E-state index < -0.39 is 17.8 Å². The van der Waals surface area contributed by atoms with Crippen LogP contribution in [0.3, 0.4) is 0 Å². The molecule has 1 aliphatic rings. The van der Waals surface area contributed by atoms with E-state index in [1.54, 1.807) is 56.3 Å². The number of ether oxygens (including phenoxy) is 4. The first kappa shape index (κ1) is 23.1. The maximum atomic E-state index is 14.7. The van der Waals surface area contributed by atoms with Crippen LogP contribution in [0.5, 0.6) is 28.9 Å². The lowest BCUT2D eigenvalue weighted by atomic mass is 10.2. The number of hydrogen-bond acceptors (Lipinski definition) is 8. The van der Waals surface area contributed by atoms with Gasteiger partial charge in [-0.3, -0.25) is 4.79 Å². The lowest BCUT2D eigenvalue weighted by molar-refractivity contribution is 0.0947. The number of aromatic amines is 1. The molecule has 0 spiro atoms. The highest BCUT2D eigenvalue weighted by molar-refractivity contribution is 5.96. The summed E-state index contributed by atoms with van der Waals surface area (Å²) >= 11 is 0. The van der Waals surface area contributed by atoms with Crippen molar-refractivity contribution in [3.63, 3.8) is 0 Å². The lowest BCUT2D eigenvalue weighted by Gasteiger charge is -2.14. The largest absolute Gasteiger partial charge is 0.483 e. The Bertz CT molecular complexity index is 1410. The maximum absolute atomic E-state index is 14.7. The van der Waals surface area contributed by atoms with E-state index in [9.17, 15) is 9.18 Å². The predicted molar refractivity (Wildman–Crippen MR) is 125 cm³/mol. The molecular weight excluding hydrogens is 469 g/mol. The monoisotopic (exact) mass is 491 g/mol. The molecule has 0 fully saturated rings. The van der Waals surface area contributed by atoms with Crippen LogP contribution in [0.15, 0.2) is 54.7 Å². The van der Waals surface area contributed by atoms with Crippen molar-refractivity contribution in [2.24, 2.45) is 0 Å². The molecule has 0 saturated heterocycles. The van der Waals surface area contributed by atoms with E-state index in [1.165, 1.54) is 12.3 Å². The highest BCUT2D eigenvalue weighted by Crippen LogP contribution is 2.36. The van der Waals surface area contributed by atoms with Gasteiger partial charge in [0.1, 0.15) is 28.7 Å². The van der Waals surface area contributed by atoms with Gasteiger partial charge in [0.2, 0.25) is 12.7 Å². The minimum atomic E-state index is -0.517. The number of rotatable bonds is 8. The van der Waals surface area contributed by atoms with Crippen molar-refractivity contribution in [2.75, 3.05) is 6.79 Å². The highest BCUT2D eigenvalue weighted by atomic mass is 19.1. The maximum Gasteiger partial charge on any atom is 0.257 e. The molecule has 2 N–H and O–H groups in total. The molecule has 5 rings (SSSR count). The molecular formula is C25H22FN5O5. The summed E-state index contributed by atoms with van der Waals surface area (Å²) < 4.78 is 36.9. The molecule has 10 nitrogen and oxygen atoms in total. The summed E-state index contributed by atoms with van der Waals surface area (Å²) in [6, 6.07) is 12.7. The molecule has 36 heavy (non-hydrogen) atoms. The first-order chi connectivity index (χ1) is 17.5. The zero-order valence-electron chi connectivity index (χ0n) is 19.4. The van der Waals surface area contributed by atoms with Crippen molar-refractivity contribution in [3.8, 4) is 28.9 Å². The van der Waals surface area contributed by atoms with Gasteiger partial charge >= 0.3 is 0 Å². The van der Waals surface area contributed by atoms with Gasteiger partial charge in [-0.1, -0.05) is 6.07 Å². The van der Waals surface area contributed by atoms with Gasteiger partial charge in [-0.25, -0.2) is 9.37 Å². The molecule has 3 heterocycles. The van der Waals surface area contributed by atoms with Crippen molar-refractivity contribution >= 4 is 5.91 Å². The average molecular weight is 491 g/mol. The van der Waals surface area contributed by atoms with Crippen LogP contribution < -0.4 is 24.3 Å². The number of carbonyl (C=O) groups is 1. The number of aryl methyl sites for hydroxylation is 1. The second-order valence-electron chi connectivity index (χ2n) is 7.96. The Balaban J connectivity index is 1.23. The number of amides is 1. The van der Waals surface area contributed by atoms with E-state index in [0.717, 1.165) is 0 Å². The Morgan fingerprint density at radius 3 is 2.78 bits per heavy atom. The van der Waals surface area contributed by atoms with Gasteiger partial charge < -0.3 is 29.2 Å². The van der Waals surface area contributed by atoms with Gasteiger partial charge in [0.25, 0.3) is 5.91 Å². The summed E-state index contributed by atoms with van der Waals surface area (Å²) in [6.45, 7) is 3.66. The number of nitrogens with one attached hydrogen (secondary N) is 2. The molecule has 1 atom stereocenters. The summed E-state index contributed by atoms with van der Waals surface area (Å²) in [5, 5.41) is 10.6. The van der Waals surface area contributed by atoms with Crippen molar-refractivity contribution in [1.29, 1.82) is 0 Å². The van der Waals surface area contributed by atoms with E-state index in [1.807, 2.05) is 0 Å². The number of nitrogens with zero attached hydrogens (tertiary/aromatic N) is 3. The highest BCUT2D eigenvalue weighted by Gasteiger charge is 2.18. The van der Waals surface area contributed by atoms with Gasteiger partial charge in [0.05, 0.1) is 0 Å². The summed E-state index contributed by atoms with van der Waals surface area (Å²) in [5.74, 6) is 2.25. The van der Waals surface area contributed by atoms with Gasteiger partial charge in [0, 0.05) is 30.4 Å². The molecule has 0 aliphatic carbocycles. The van der Waals surface area contributed by atoms with E-state index >= 15 is 0 Å². The molecule has 0 radical (unpaired) electrons. The van der Waals surface area contributed by atoms with Crippen LogP contribution in [0.25, 0.3) is 0 Å². The van der Waals surface area contributed by atoms with Crippen LogP contribution in [0, 0.1) is 12.7 Å².